The van der Waals surface area contributed by atoms with E-state index in [1.165, 1.54) is 27.4 Å². The lowest BCUT2D eigenvalue weighted by Crippen LogP contribution is -2.14. The molecule has 0 bridgehead atoms. The van der Waals surface area contributed by atoms with Gasteiger partial charge < -0.3 is 24.3 Å². The van der Waals surface area contributed by atoms with Crippen molar-refractivity contribution in [3.63, 3.8) is 0 Å². The van der Waals surface area contributed by atoms with Crippen molar-refractivity contribution in [1.82, 2.24) is 0 Å². The lowest BCUT2D eigenvalue weighted by atomic mass is 10.1. The summed E-state index contributed by atoms with van der Waals surface area (Å²) in [6.45, 7) is 2.08. The number of anilines is 1. The van der Waals surface area contributed by atoms with Gasteiger partial charge in [-0.1, -0.05) is 12.1 Å². The highest BCUT2D eigenvalue weighted by atomic mass is 16.5. The van der Waals surface area contributed by atoms with Crippen LogP contribution in [0, 0.1) is 0 Å². The maximum atomic E-state index is 12.4. The van der Waals surface area contributed by atoms with E-state index in [1.54, 1.807) is 49.4 Å². The molecule has 2 rings (SSSR count). The summed E-state index contributed by atoms with van der Waals surface area (Å²) in [7, 11) is 4.58. The first-order valence-electron chi connectivity index (χ1n) is 9.04. The number of carbonyl (C=O) groups is 2. The molecule has 0 fully saturated rings. The van der Waals surface area contributed by atoms with Crippen molar-refractivity contribution in [3.8, 4) is 17.2 Å². The molecule has 0 spiro atoms. The van der Waals surface area contributed by atoms with Crippen molar-refractivity contribution < 1.29 is 28.5 Å². The zero-order valence-electron chi connectivity index (χ0n) is 17.0. The first kappa shape index (κ1) is 21.8. The topological polar surface area (TPSA) is 83.1 Å². The van der Waals surface area contributed by atoms with Crippen LogP contribution in [0.15, 0.2) is 42.5 Å². The minimum atomic E-state index is -0.393. The minimum Gasteiger partial charge on any atom is -0.493 e. The Hall–Kier alpha value is -3.48. The van der Waals surface area contributed by atoms with Gasteiger partial charge in [0.25, 0.3) is 0 Å². The van der Waals surface area contributed by atoms with Gasteiger partial charge in [0.05, 0.1) is 34.4 Å². The lowest BCUT2D eigenvalue weighted by Gasteiger charge is -2.14. The molecule has 0 aliphatic rings. The molecule has 0 radical (unpaired) electrons. The first-order valence-corrected chi connectivity index (χ1v) is 9.04. The molecule has 2 aromatic carbocycles. The highest BCUT2D eigenvalue weighted by molar-refractivity contribution is 5.92. The van der Waals surface area contributed by atoms with E-state index in [1.807, 2.05) is 0 Å². The second-order valence-electron chi connectivity index (χ2n) is 5.97. The third-order valence-electron chi connectivity index (χ3n) is 3.98. The Morgan fingerprint density at radius 1 is 0.966 bits per heavy atom. The summed E-state index contributed by atoms with van der Waals surface area (Å²) >= 11 is 0. The third-order valence-corrected chi connectivity index (χ3v) is 3.98. The Balaban J connectivity index is 2.03. The van der Waals surface area contributed by atoms with Crippen LogP contribution in [-0.4, -0.2) is 39.8 Å². The molecular weight excluding hydrogens is 374 g/mol. The largest absolute Gasteiger partial charge is 0.493 e. The Bertz CT molecular complexity index is 848. The molecule has 0 atom stereocenters. The van der Waals surface area contributed by atoms with Crippen molar-refractivity contribution >= 4 is 23.6 Å². The number of methoxy groups -OCH3 is 3. The van der Waals surface area contributed by atoms with Crippen LogP contribution in [0.1, 0.15) is 18.1 Å². The number of amides is 1. The van der Waals surface area contributed by atoms with Crippen LogP contribution in [0.3, 0.4) is 0 Å². The Labute approximate surface area is 170 Å². The SMILES string of the molecule is CCOC(=O)/C=C/c1ccc(NC(=O)Cc2cc(OC)c(OC)c(OC)c2)cc1. The molecule has 0 aromatic heterocycles. The smallest absolute Gasteiger partial charge is 0.330 e. The van der Waals surface area contributed by atoms with Gasteiger partial charge in [0.2, 0.25) is 11.7 Å². The van der Waals surface area contributed by atoms with Crippen LogP contribution >= 0.6 is 0 Å². The predicted molar refractivity (Wildman–Crippen MR) is 111 cm³/mol. The maximum absolute atomic E-state index is 12.4. The monoisotopic (exact) mass is 399 g/mol. The highest BCUT2D eigenvalue weighted by Gasteiger charge is 2.15. The molecule has 29 heavy (non-hydrogen) atoms. The van der Waals surface area contributed by atoms with Gasteiger partial charge in [0.1, 0.15) is 0 Å². The summed E-state index contributed by atoms with van der Waals surface area (Å²) < 4.78 is 20.7. The zero-order chi connectivity index (χ0) is 21.2. The summed E-state index contributed by atoms with van der Waals surface area (Å²) in [5, 5.41) is 2.84. The summed E-state index contributed by atoms with van der Waals surface area (Å²) in [6, 6.07) is 10.6. The molecular formula is C22H25NO6. The lowest BCUT2D eigenvalue weighted by molar-refractivity contribution is -0.137. The second kappa shape index (κ2) is 10.8. The summed E-state index contributed by atoms with van der Waals surface area (Å²) in [6.07, 6.45) is 3.16. The van der Waals surface area contributed by atoms with Gasteiger partial charge in [-0.25, -0.2) is 4.79 Å². The van der Waals surface area contributed by atoms with Gasteiger partial charge in [0.15, 0.2) is 11.5 Å². The fraction of sp³-hybridized carbons (Fsp3) is 0.273. The average molecular weight is 399 g/mol. The number of hydrogen-bond acceptors (Lipinski definition) is 6. The van der Waals surface area contributed by atoms with Crippen LogP contribution < -0.4 is 19.5 Å². The van der Waals surface area contributed by atoms with Gasteiger partial charge >= 0.3 is 5.97 Å². The van der Waals surface area contributed by atoms with Crippen LogP contribution in [0.5, 0.6) is 17.2 Å². The quantitative estimate of drug-likeness (QED) is 0.514. The predicted octanol–water partition coefficient (Wildman–Crippen LogP) is 3.47. The van der Waals surface area contributed by atoms with E-state index < -0.39 is 5.97 Å². The van der Waals surface area contributed by atoms with E-state index in [0.29, 0.717) is 29.5 Å². The molecule has 154 valence electrons. The molecule has 0 unspecified atom stereocenters. The summed E-state index contributed by atoms with van der Waals surface area (Å²) in [4.78, 5) is 23.8. The van der Waals surface area contributed by atoms with Gasteiger partial charge in [0, 0.05) is 11.8 Å². The Morgan fingerprint density at radius 3 is 2.10 bits per heavy atom. The van der Waals surface area contributed by atoms with E-state index in [-0.39, 0.29) is 12.3 Å². The van der Waals surface area contributed by atoms with E-state index >= 15 is 0 Å². The van der Waals surface area contributed by atoms with Crippen molar-refractivity contribution in [1.29, 1.82) is 0 Å². The molecule has 0 saturated carbocycles. The number of rotatable bonds is 9. The number of ether oxygens (including phenoxy) is 4. The molecule has 0 aliphatic heterocycles. The highest BCUT2D eigenvalue weighted by Crippen LogP contribution is 2.38. The van der Waals surface area contributed by atoms with E-state index in [2.05, 4.69) is 5.32 Å². The third kappa shape index (κ3) is 6.27. The first-order chi connectivity index (χ1) is 14.0. The zero-order valence-corrected chi connectivity index (χ0v) is 17.0. The van der Waals surface area contributed by atoms with Gasteiger partial charge in [-0.05, 0) is 48.4 Å². The van der Waals surface area contributed by atoms with Crippen molar-refractivity contribution in [3.05, 3.63) is 53.6 Å². The Morgan fingerprint density at radius 2 is 1.59 bits per heavy atom. The van der Waals surface area contributed by atoms with Gasteiger partial charge in [-0.15, -0.1) is 0 Å². The number of benzene rings is 2. The number of hydrogen-bond donors (Lipinski definition) is 1. The minimum absolute atomic E-state index is 0.140. The molecule has 0 saturated heterocycles. The average Bonchev–Trinajstić information content (AvgIpc) is 2.72. The van der Waals surface area contributed by atoms with E-state index in [0.717, 1.165) is 11.1 Å². The molecule has 0 heterocycles. The molecule has 1 amide bonds. The molecule has 7 nitrogen and oxygen atoms in total. The van der Waals surface area contributed by atoms with E-state index in [9.17, 15) is 9.59 Å². The molecule has 0 aliphatic carbocycles. The number of esters is 1. The van der Waals surface area contributed by atoms with Crippen LogP contribution in [0.4, 0.5) is 5.69 Å². The standard InChI is InChI=1S/C22H25NO6/c1-5-29-21(25)11-8-15-6-9-17(10-7-15)23-20(24)14-16-12-18(26-2)22(28-4)19(13-16)27-3/h6-13H,5,14H2,1-4H3,(H,23,24)/b11-8+. The van der Waals surface area contributed by atoms with Crippen molar-refractivity contribution in [2.24, 2.45) is 0 Å². The molecule has 7 heteroatoms. The van der Waals surface area contributed by atoms with Crippen LogP contribution in [0.2, 0.25) is 0 Å². The number of carbonyl (C=O) groups excluding carboxylic acids is 2. The Kier molecular flexibility index (Phi) is 8.09. The van der Waals surface area contributed by atoms with Crippen molar-refractivity contribution in [2.45, 2.75) is 13.3 Å². The van der Waals surface area contributed by atoms with Gasteiger partial charge in [-0.2, -0.15) is 0 Å². The van der Waals surface area contributed by atoms with E-state index in [4.69, 9.17) is 18.9 Å². The van der Waals surface area contributed by atoms with Crippen LogP contribution in [-0.2, 0) is 20.7 Å². The summed E-state index contributed by atoms with van der Waals surface area (Å²) in [5.41, 5.74) is 2.20. The molecule has 1 N–H and O–H groups in total. The van der Waals surface area contributed by atoms with Crippen LogP contribution in [0.25, 0.3) is 6.08 Å². The van der Waals surface area contributed by atoms with Crippen molar-refractivity contribution in [2.75, 3.05) is 33.3 Å². The maximum Gasteiger partial charge on any atom is 0.330 e. The molecule has 2 aromatic rings. The van der Waals surface area contributed by atoms with Gasteiger partial charge in [-0.3, -0.25) is 4.79 Å². The second-order valence-corrected chi connectivity index (χ2v) is 5.97. The fourth-order valence-corrected chi connectivity index (χ4v) is 2.66. The fourth-order valence-electron chi connectivity index (χ4n) is 2.66. The number of nitrogens with one attached hydrogen (secondary N) is 1. The summed E-state index contributed by atoms with van der Waals surface area (Å²) in [5.74, 6) is 0.884. The normalized spacial score (nSPS) is 10.5.